The fraction of sp³-hybridized carbons (Fsp3) is 0.467. The van der Waals surface area contributed by atoms with Crippen molar-refractivity contribution in [3.05, 3.63) is 33.3 Å². The molecule has 0 aliphatic carbocycles. The van der Waals surface area contributed by atoms with Crippen molar-refractivity contribution < 1.29 is 4.79 Å². The van der Waals surface area contributed by atoms with Crippen LogP contribution in [-0.2, 0) is 4.79 Å². The van der Waals surface area contributed by atoms with Gasteiger partial charge in [0.1, 0.15) is 5.92 Å². The lowest BCUT2D eigenvalue weighted by atomic mass is 9.81. The van der Waals surface area contributed by atoms with Gasteiger partial charge in [-0.05, 0) is 30.0 Å². The average Bonchev–Trinajstić information content (AvgIpc) is 2.27. The standard InChI is InChI=1S/C15H18BrClN2O/c1-9(11-6-5-10(16)7-13(11)17)19-14(20)12(8-18)15(2,3)4/h5-7,9,12H,1-4H3,(H,19,20). The minimum Gasteiger partial charge on any atom is -0.348 e. The van der Waals surface area contributed by atoms with Gasteiger partial charge in [-0.15, -0.1) is 0 Å². The summed E-state index contributed by atoms with van der Waals surface area (Å²) in [6.07, 6.45) is 0. The van der Waals surface area contributed by atoms with E-state index in [0.717, 1.165) is 10.0 Å². The molecule has 1 N–H and O–H groups in total. The van der Waals surface area contributed by atoms with Gasteiger partial charge in [0.15, 0.2) is 0 Å². The third kappa shape index (κ3) is 4.22. The molecule has 0 aliphatic heterocycles. The van der Waals surface area contributed by atoms with Crippen molar-refractivity contribution in [2.75, 3.05) is 0 Å². The molecule has 0 saturated carbocycles. The van der Waals surface area contributed by atoms with Crippen molar-refractivity contribution in [1.29, 1.82) is 5.26 Å². The van der Waals surface area contributed by atoms with Crippen LogP contribution in [0.1, 0.15) is 39.3 Å². The molecule has 0 spiro atoms. The molecule has 0 fully saturated rings. The molecule has 108 valence electrons. The fourth-order valence-corrected chi connectivity index (χ4v) is 2.71. The van der Waals surface area contributed by atoms with Gasteiger partial charge in [0.25, 0.3) is 0 Å². The first-order chi connectivity index (χ1) is 9.16. The number of benzene rings is 1. The zero-order chi connectivity index (χ0) is 15.5. The largest absolute Gasteiger partial charge is 0.348 e. The molecule has 0 heterocycles. The van der Waals surface area contributed by atoms with Gasteiger partial charge in [0.05, 0.1) is 12.1 Å². The SMILES string of the molecule is CC(NC(=O)C(C#N)C(C)(C)C)c1ccc(Br)cc1Cl. The van der Waals surface area contributed by atoms with Gasteiger partial charge in [-0.1, -0.05) is 54.4 Å². The molecule has 3 nitrogen and oxygen atoms in total. The molecule has 5 heteroatoms. The van der Waals surface area contributed by atoms with E-state index < -0.39 is 11.3 Å². The topological polar surface area (TPSA) is 52.9 Å². The third-order valence-corrected chi connectivity index (χ3v) is 3.87. The van der Waals surface area contributed by atoms with E-state index in [1.807, 2.05) is 39.8 Å². The highest BCUT2D eigenvalue weighted by molar-refractivity contribution is 9.10. The van der Waals surface area contributed by atoms with Gasteiger partial charge in [-0.2, -0.15) is 5.26 Å². The van der Waals surface area contributed by atoms with Gasteiger partial charge in [0.2, 0.25) is 5.91 Å². The maximum absolute atomic E-state index is 12.2. The summed E-state index contributed by atoms with van der Waals surface area (Å²) in [6.45, 7) is 7.47. The highest BCUT2D eigenvalue weighted by Gasteiger charge is 2.32. The van der Waals surface area contributed by atoms with E-state index in [4.69, 9.17) is 16.9 Å². The molecule has 1 rings (SSSR count). The summed E-state index contributed by atoms with van der Waals surface area (Å²) in [5.41, 5.74) is 0.427. The van der Waals surface area contributed by atoms with E-state index in [9.17, 15) is 4.79 Å². The van der Waals surface area contributed by atoms with Crippen LogP contribution in [0.2, 0.25) is 5.02 Å². The second-order valence-corrected chi connectivity index (χ2v) is 7.15. The fourth-order valence-electron chi connectivity index (χ4n) is 1.87. The summed E-state index contributed by atoms with van der Waals surface area (Å²) in [6, 6.07) is 7.33. The number of rotatable bonds is 3. The second-order valence-electron chi connectivity index (χ2n) is 5.82. The summed E-state index contributed by atoms with van der Waals surface area (Å²) in [7, 11) is 0. The van der Waals surface area contributed by atoms with Crippen molar-refractivity contribution in [3.8, 4) is 6.07 Å². The lowest BCUT2D eigenvalue weighted by molar-refractivity contribution is -0.126. The molecule has 0 saturated heterocycles. The van der Waals surface area contributed by atoms with Crippen molar-refractivity contribution in [2.24, 2.45) is 11.3 Å². The van der Waals surface area contributed by atoms with Gasteiger partial charge in [-0.25, -0.2) is 0 Å². The quantitative estimate of drug-likeness (QED) is 0.868. The monoisotopic (exact) mass is 356 g/mol. The Morgan fingerprint density at radius 2 is 2.05 bits per heavy atom. The van der Waals surface area contributed by atoms with Crippen LogP contribution in [0.4, 0.5) is 0 Å². The van der Waals surface area contributed by atoms with E-state index in [1.54, 1.807) is 6.07 Å². The van der Waals surface area contributed by atoms with Crippen LogP contribution in [0.25, 0.3) is 0 Å². The van der Waals surface area contributed by atoms with Crippen LogP contribution < -0.4 is 5.32 Å². The average molecular weight is 358 g/mol. The molecule has 0 aromatic heterocycles. The number of nitrogens with one attached hydrogen (secondary N) is 1. The number of nitriles is 1. The molecule has 0 aliphatic rings. The van der Waals surface area contributed by atoms with Crippen LogP contribution >= 0.6 is 27.5 Å². The smallest absolute Gasteiger partial charge is 0.238 e. The van der Waals surface area contributed by atoms with Crippen LogP contribution in [0.5, 0.6) is 0 Å². The summed E-state index contributed by atoms with van der Waals surface area (Å²) in [4.78, 5) is 12.2. The first kappa shape index (κ1) is 17.0. The maximum atomic E-state index is 12.2. The van der Waals surface area contributed by atoms with Gasteiger partial charge in [0, 0.05) is 9.50 Å². The molecular formula is C15H18BrClN2O. The van der Waals surface area contributed by atoms with Crippen molar-refractivity contribution in [1.82, 2.24) is 5.32 Å². The molecule has 0 bridgehead atoms. The zero-order valence-electron chi connectivity index (χ0n) is 12.0. The Balaban J connectivity index is 2.88. The number of hydrogen-bond acceptors (Lipinski definition) is 2. The third-order valence-electron chi connectivity index (χ3n) is 3.05. The highest BCUT2D eigenvalue weighted by atomic mass is 79.9. The van der Waals surface area contributed by atoms with Gasteiger partial charge < -0.3 is 5.32 Å². The Morgan fingerprint density at radius 1 is 1.45 bits per heavy atom. The van der Waals surface area contributed by atoms with E-state index >= 15 is 0 Å². The maximum Gasteiger partial charge on any atom is 0.238 e. The predicted octanol–water partition coefficient (Wildman–Crippen LogP) is 4.47. The highest BCUT2D eigenvalue weighted by Crippen LogP contribution is 2.29. The molecule has 1 aromatic carbocycles. The zero-order valence-corrected chi connectivity index (χ0v) is 14.3. The number of hydrogen-bond donors (Lipinski definition) is 1. The lowest BCUT2D eigenvalue weighted by Crippen LogP contribution is -2.38. The Bertz CT molecular complexity index is 546. The Labute approximate surface area is 133 Å². The van der Waals surface area contributed by atoms with E-state index in [1.165, 1.54) is 0 Å². The molecule has 2 atom stereocenters. The van der Waals surface area contributed by atoms with Crippen molar-refractivity contribution >= 4 is 33.4 Å². The van der Waals surface area contributed by atoms with Crippen LogP contribution in [0.3, 0.4) is 0 Å². The van der Waals surface area contributed by atoms with E-state index in [0.29, 0.717) is 5.02 Å². The van der Waals surface area contributed by atoms with Crippen LogP contribution in [0.15, 0.2) is 22.7 Å². The molecule has 1 amide bonds. The first-order valence-electron chi connectivity index (χ1n) is 6.31. The molecule has 2 unspecified atom stereocenters. The van der Waals surface area contributed by atoms with Crippen LogP contribution in [0, 0.1) is 22.7 Å². The van der Waals surface area contributed by atoms with Crippen molar-refractivity contribution in [2.45, 2.75) is 33.7 Å². The van der Waals surface area contributed by atoms with E-state index in [2.05, 4.69) is 27.3 Å². The Hall–Kier alpha value is -1.05. The summed E-state index contributed by atoms with van der Waals surface area (Å²) < 4.78 is 0.884. The van der Waals surface area contributed by atoms with E-state index in [-0.39, 0.29) is 11.9 Å². The lowest BCUT2D eigenvalue weighted by Gasteiger charge is -2.25. The number of halogens is 2. The molecule has 0 radical (unpaired) electrons. The number of carbonyl (C=O) groups is 1. The second kappa shape index (κ2) is 6.60. The van der Waals surface area contributed by atoms with Crippen molar-refractivity contribution in [3.63, 3.8) is 0 Å². The number of carbonyl (C=O) groups excluding carboxylic acids is 1. The number of amides is 1. The van der Waals surface area contributed by atoms with Gasteiger partial charge in [-0.3, -0.25) is 4.79 Å². The Morgan fingerprint density at radius 3 is 2.50 bits per heavy atom. The molecular weight excluding hydrogens is 340 g/mol. The van der Waals surface area contributed by atoms with Crippen LogP contribution in [-0.4, -0.2) is 5.91 Å². The minimum absolute atomic E-state index is 0.249. The first-order valence-corrected chi connectivity index (χ1v) is 7.49. The summed E-state index contributed by atoms with van der Waals surface area (Å²) >= 11 is 9.51. The minimum atomic E-state index is -0.695. The summed E-state index contributed by atoms with van der Waals surface area (Å²) in [5, 5.41) is 12.6. The molecule has 1 aromatic rings. The normalized spacial score (nSPS) is 14.2. The summed E-state index contributed by atoms with van der Waals surface area (Å²) in [5.74, 6) is -0.967. The molecule has 20 heavy (non-hydrogen) atoms. The van der Waals surface area contributed by atoms with Gasteiger partial charge >= 0.3 is 0 Å². The Kier molecular flexibility index (Phi) is 5.61. The predicted molar refractivity (Wildman–Crippen MR) is 84.3 cm³/mol. The number of nitrogens with zero attached hydrogens (tertiary/aromatic N) is 1.